The van der Waals surface area contributed by atoms with Crippen LogP contribution in [-0.2, 0) is 4.79 Å². The lowest BCUT2D eigenvalue weighted by Crippen LogP contribution is -2.10. The van der Waals surface area contributed by atoms with E-state index < -0.39 is 11.6 Å². The Bertz CT molecular complexity index is 505. The molecule has 1 amide bonds. The Labute approximate surface area is 98.0 Å². The van der Waals surface area contributed by atoms with Crippen LogP contribution in [0.1, 0.15) is 30.7 Å². The molecule has 0 bridgehead atoms. The summed E-state index contributed by atoms with van der Waals surface area (Å²) >= 11 is 0. The molecule has 0 spiro atoms. The number of rotatable bonds is 1. The number of hydrogen-bond acceptors (Lipinski definition) is 1. The molecule has 1 atom stereocenters. The average Bonchev–Trinajstić information content (AvgIpc) is 2.41. The molecule has 0 saturated heterocycles. The predicted octanol–water partition coefficient (Wildman–Crippen LogP) is 2.80. The number of nitrogens with one attached hydrogen (secondary N) is 1. The van der Waals surface area contributed by atoms with Gasteiger partial charge < -0.3 is 5.32 Å². The van der Waals surface area contributed by atoms with Gasteiger partial charge in [-0.15, -0.1) is 12.3 Å². The predicted molar refractivity (Wildman–Crippen MR) is 60.4 cm³/mol. The van der Waals surface area contributed by atoms with Crippen LogP contribution in [0.15, 0.2) is 12.1 Å². The molecule has 1 aliphatic heterocycles. The number of terminal acetylenes is 1. The molecule has 17 heavy (non-hydrogen) atoms. The number of benzene rings is 1. The number of fused-ring (bicyclic) bond motifs is 1. The van der Waals surface area contributed by atoms with Crippen molar-refractivity contribution >= 4 is 11.6 Å². The van der Waals surface area contributed by atoms with Gasteiger partial charge in [0.15, 0.2) is 0 Å². The van der Waals surface area contributed by atoms with Gasteiger partial charge in [-0.2, -0.15) is 0 Å². The van der Waals surface area contributed by atoms with Crippen LogP contribution in [0.2, 0.25) is 0 Å². The highest BCUT2D eigenvalue weighted by molar-refractivity contribution is 5.92. The van der Waals surface area contributed by atoms with E-state index >= 15 is 0 Å². The summed E-state index contributed by atoms with van der Waals surface area (Å²) in [5.74, 6) is 0.621. The normalized spacial score (nSPS) is 18.9. The zero-order valence-corrected chi connectivity index (χ0v) is 9.09. The molecule has 1 heterocycles. The van der Waals surface area contributed by atoms with Crippen LogP contribution in [0.25, 0.3) is 0 Å². The quantitative estimate of drug-likeness (QED) is 0.745. The SMILES string of the molecule is C#CC[C@H]1CCC(=O)Nc2c(F)cc(F)cc21. The van der Waals surface area contributed by atoms with Crippen molar-refractivity contribution in [3.8, 4) is 12.3 Å². The number of hydrogen-bond donors (Lipinski definition) is 1. The molecule has 1 aromatic carbocycles. The Kier molecular flexibility index (Phi) is 3.10. The second kappa shape index (κ2) is 4.54. The fraction of sp³-hybridized carbons (Fsp3) is 0.308. The maximum absolute atomic E-state index is 13.6. The lowest BCUT2D eigenvalue weighted by Gasteiger charge is -2.14. The van der Waals surface area contributed by atoms with Crippen LogP contribution in [0.5, 0.6) is 0 Å². The van der Waals surface area contributed by atoms with Crippen molar-refractivity contribution in [3.63, 3.8) is 0 Å². The topological polar surface area (TPSA) is 29.1 Å². The molecule has 0 fully saturated rings. The summed E-state index contributed by atoms with van der Waals surface area (Å²) in [6, 6.07) is 2.00. The maximum atomic E-state index is 13.6. The number of amides is 1. The van der Waals surface area contributed by atoms with E-state index in [-0.39, 0.29) is 23.9 Å². The lowest BCUT2D eigenvalue weighted by atomic mass is 9.91. The van der Waals surface area contributed by atoms with Gasteiger partial charge in [-0.05, 0) is 24.0 Å². The fourth-order valence-corrected chi connectivity index (χ4v) is 2.06. The highest BCUT2D eigenvalue weighted by atomic mass is 19.1. The third-order valence-electron chi connectivity index (χ3n) is 2.87. The van der Waals surface area contributed by atoms with Crippen LogP contribution < -0.4 is 5.32 Å². The molecule has 2 nitrogen and oxygen atoms in total. The first-order valence-corrected chi connectivity index (χ1v) is 5.34. The molecule has 0 unspecified atom stereocenters. The summed E-state index contributed by atoms with van der Waals surface area (Å²) in [6.07, 6.45) is 6.37. The minimum atomic E-state index is -0.753. The molecule has 88 valence electrons. The van der Waals surface area contributed by atoms with E-state index in [1.54, 1.807) is 0 Å². The van der Waals surface area contributed by atoms with Crippen molar-refractivity contribution in [2.45, 2.75) is 25.2 Å². The van der Waals surface area contributed by atoms with E-state index in [0.717, 1.165) is 6.07 Å². The molecule has 0 aromatic heterocycles. The van der Waals surface area contributed by atoms with Gasteiger partial charge in [0.1, 0.15) is 11.6 Å². The van der Waals surface area contributed by atoms with Crippen LogP contribution in [-0.4, -0.2) is 5.91 Å². The maximum Gasteiger partial charge on any atom is 0.224 e. The van der Waals surface area contributed by atoms with Crippen molar-refractivity contribution in [3.05, 3.63) is 29.3 Å². The smallest absolute Gasteiger partial charge is 0.224 e. The minimum absolute atomic E-state index is 0.0640. The Balaban J connectivity index is 2.53. The molecule has 1 aromatic rings. The van der Waals surface area contributed by atoms with Crippen molar-refractivity contribution in [1.82, 2.24) is 0 Å². The van der Waals surface area contributed by atoms with Crippen molar-refractivity contribution in [2.75, 3.05) is 5.32 Å². The van der Waals surface area contributed by atoms with Gasteiger partial charge in [0.25, 0.3) is 0 Å². The van der Waals surface area contributed by atoms with Crippen LogP contribution in [0.4, 0.5) is 14.5 Å². The second-order valence-electron chi connectivity index (χ2n) is 4.04. The summed E-state index contributed by atoms with van der Waals surface area (Å²) < 4.78 is 26.8. The van der Waals surface area contributed by atoms with Crippen LogP contribution in [0.3, 0.4) is 0 Å². The Morgan fingerprint density at radius 1 is 1.47 bits per heavy atom. The Morgan fingerprint density at radius 2 is 2.24 bits per heavy atom. The Hall–Kier alpha value is -1.89. The average molecular weight is 235 g/mol. The van der Waals surface area contributed by atoms with E-state index in [4.69, 9.17) is 6.42 Å². The van der Waals surface area contributed by atoms with Gasteiger partial charge in [-0.3, -0.25) is 4.79 Å². The van der Waals surface area contributed by atoms with Gasteiger partial charge in [0, 0.05) is 18.9 Å². The third kappa shape index (κ3) is 2.28. The van der Waals surface area contributed by atoms with E-state index in [1.807, 2.05) is 0 Å². The first kappa shape index (κ1) is 11.6. The molecular weight excluding hydrogens is 224 g/mol. The Morgan fingerprint density at radius 3 is 2.94 bits per heavy atom. The van der Waals surface area contributed by atoms with Crippen molar-refractivity contribution in [2.24, 2.45) is 0 Å². The zero-order chi connectivity index (χ0) is 12.4. The highest BCUT2D eigenvalue weighted by Crippen LogP contribution is 2.35. The van der Waals surface area contributed by atoms with Gasteiger partial charge in [0.2, 0.25) is 5.91 Å². The molecule has 2 rings (SSSR count). The summed E-state index contributed by atoms with van der Waals surface area (Å²) in [6.45, 7) is 0. The molecule has 1 aliphatic rings. The second-order valence-corrected chi connectivity index (χ2v) is 4.04. The van der Waals surface area contributed by atoms with Crippen molar-refractivity contribution in [1.29, 1.82) is 0 Å². The van der Waals surface area contributed by atoms with Crippen LogP contribution >= 0.6 is 0 Å². The number of carbonyl (C=O) groups is 1. The summed E-state index contributed by atoms with van der Waals surface area (Å²) in [7, 11) is 0. The molecule has 4 heteroatoms. The summed E-state index contributed by atoms with van der Waals surface area (Å²) in [5, 5.41) is 2.46. The molecule has 0 aliphatic carbocycles. The van der Waals surface area contributed by atoms with E-state index in [9.17, 15) is 13.6 Å². The highest BCUT2D eigenvalue weighted by Gasteiger charge is 2.24. The largest absolute Gasteiger partial charge is 0.323 e. The molecule has 0 saturated carbocycles. The standard InChI is InChI=1S/C13H11F2NO/c1-2-3-8-4-5-12(17)16-13-10(8)6-9(14)7-11(13)15/h1,6-8H,3-5H2,(H,16,17)/t8-/m0/s1. The van der Waals surface area contributed by atoms with Gasteiger partial charge in [0.05, 0.1) is 5.69 Å². The van der Waals surface area contributed by atoms with Gasteiger partial charge >= 0.3 is 0 Å². The molecule has 0 radical (unpaired) electrons. The molecular formula is C13H11F2NO. The van der Waals surface area contributed by atoms with E-state index in [0.29, 0.717) is 18.4 Å². The van der Waals surface area contributed by atoms with Gasteiger partial charge in [-0.1, -0.05) is 0 Å². The number of carbonyl (C=O) groups excluding carboxylic acids is 1. The number of halogens is 2. The van der Waals surface area contributed by atoms with Crippen LogP contribution in [0, 0.1) is 24.0 Å². The van der Waals surface area contributed by atoms with Gasteiger partial charge in [-0.25, -0.2) is 8.78 Å². The van der Waals surface area contributed by atoms with E-state index in [1.165, 1.54) is 6.07 Å². The lowest BCUT2D eigenvalue weighted by molar-refractivity contribution is -0.116. The fourth-order valence-electron chi connectivity index (χ4n) is 2.06. The number of anilines is 1. The third-order valence-corrected chi connectivity index (χ3v) is 2.87. The van der Waals surface area contributed by atoms with Crippen molar-refractivity contribution < 1.29 is 13.6 Å². The summed E-state index contributed by atoms with van der Waals surface area (Å²) in [4.78, 5) is 11.4. The van der Waals surface area contributed by atoms with E-state index in [2.05, 4.69) is 11.2 Å². The monoisotopic (exact) mass is 235 g/mol. The first-order chi connectivity index (χ1) is 8.11. The first-order valence-electron chi connectivity index (χ1n) is 5.34. The summed E-state index contributed by atoms with van der Waals surface area (Å²) in [5.41, 5.74) is 0.514. The molecule has 1 N–H and O–H groups in total. The zero-order valence-electron chi connectivity index (χ0n) is 9.09. The minimum Gasteiger partial charge on any atom is -0.323 e.